The first-order valence-corrected chi connectivity index (χ1v) is 10.7. The predicted molar refractivity (Wildman–Crippen MR) is 110 cm³/mol. The van der Waals surface area contributed by atoms with Crippen molar-refractivity contribution in [3.63, 3.8) is 0 Å². The predicted octanol–water partition coefficient (Wildman–Crippen LogP) is 4.96. The topological polar surface area (TPSA) is 54.4 Å². The summed E-state index contributed by atoms with van der Waals surface area (Å²) in [6, 6.07) is 0. The van der Waals surface area contributed by atoms with Crippen LogP contribution >= 0.6 is 0 Å². The second-order valence-electron chi connectivity index (χ2n) is 6.27. The molecule has 0 saturated heterocycles. The van der Waals surface area contributed by atoms with Gasteiger partial charge in [0.25, 0.3) is 10.1 Å². The summed E-state index contributed by atoms with van der Waals surface area (Å²) in [5, 5.41) is 0.884. The molecule has 0 aliphatic heterocycles. The summed E-state index contributed by atoms with van der Waals surface area (Å²) in [4.78, 5) is 0. The van der Waals surface area contributed by atoms with Crippen LogP contribution in [-0.2, 0) is 10.1 Å². The molecule has 6 heteroatoms. The first-order chi connectivity index (χ1) is 10.6. The third-order valence-electron chi connectivity index (χ3n) is 3.99. The summed E-state index contributed by atoms with van der Waals surface area (Å²) in [6.07, 6.45) is 20.8. The summed E-state index contributed by atoms with van der Waals surface area (Å²) in [5.74, 6) is 0. The first kappa shape index (κ1) is 30.4. The summed E-state index contributed by atoms with van der Waals surface area (Å²) >= 11 is 0. The summed E-state index contributed by atoms with van der Waals surface area (Å²) < 4.78 is 29.4. The third kappa shape index (κ3) is 28.5. The van der Waals surface area contributed by atoms with Crippen LogP contribution in [0.3, 0.4) is 0 Å². The van der Waals surface area contributed by atoms with Crippen molar-refractivity contribution in [3.05, 3.63) is 11.5 Å². The van der Waals surface area contributed by atoms with Crippen LogP contribution in [0.15, 0.2) is 11.5 Å². The van der Waals surface area contributed by atoms with Crippen LogP contribution < -0.4 is 0 Å². The standard InChI is InChI=1S/C18H36O3S.2Na.2H/c1-2-3-4-5-6-7-8-9-10-11-12-13-14-15-16-17-18-22(19,20)21;;;;/h17-18H,2-16H2,1H3,(H,19,20,21);;;;. The van der Waals surface area contributed by atoms with Gasteiger partial charge in [-0.15, -0.1) is 0 Å². The SMILES string of the molecule is CCCCCCCCCCCCCCCCC=CS(=O)(=O)O.[NaH].[NaH]. The number of rotatable bonds is 16. The van der Waals surface area contributed by atoms with Gasteiger partial charge in [-0.25, -0.2) is 0 Å². The molecule has 0 aromatic rings. The molecule has 0 amide bonds. The van der Waals surface area contributed by atoms with Gasteiger partial charge in [0.15, 0.2) is 0 Å². The molecule has 0 unspecified atom stereocenters. The number of hydrogen-bond acceptors (Lipinski definition) is 2. The molecule has 1 N–H and O–H groups in total. The van der Waals surface area contributed by atoms with Crippen molar-refractivity contribution >= 4 is 69.2 Å². The maximum atomic E-state index is 10.4. The van der Waals surface area contributed by atoms with Crippen molar-refractivity contribution in [1.82, 2.24) is 0 Å². The zero-order valence-electron chi connectivity index (χ0n) is 14.4. The number of allylic oxidation sites excluding steroid dienone is 1. The molecule has 0 atom stereocenters. The Kier molecular flexibility index (Phi) is 28.7. The zero-order chi connectivity index (χ0) is 16.5. The van der Waals surface area contributed by atoms with E-state index in [2.05, 4.69) is 6.92 Å². The molecule has 0 aromatic carbocycles. The fraction of sp³-hybridized carbons (Fsp3) is 0.889. The molecule has 0 rings (SSSR count). The van der Waals surface area contributed by atoms with Gasteiger partial charge in [-0.1, -0.05) is 96.5 Å². The van der Waals surface area contributed by atoms with Crippen LogP contribution in [-0.4, -0.2) is 72.1 Å². The second kappa shape index (κ2) is 22.7. The quantitative estimate of drug-likeness (QED) is 0.234. The molecule has 0 aromatic heterocycles. The number of unbranched alkanes of at least 4 members (excludes halogenated alkanes) is 14. The molecule has 0 radical (unpaired) electrons. The molecule has 136 valence electrons. The fourth-order valence-electron chi connectivity index (χ4n) is 2.65. The summed E-state index contributed by atoms with van der Waals surface area (Å²) in [5.41, 5.74) is 0. The molecule has 0 spiro atoms. The van der Waals surface area contributed by atoms with Gasteiger partial charge < -0.3 is 0 Å². The van der Waals surface area contributed by atoms with Gasteiger partial charge in [0.05, 0.1) is 5.41 Å². The minimum absolute atomic E-state index is 0. The van der Waals surface area contributed by atoms with Crippen LogP contribution in [0.4, 0.5) is 0 Å². The van der Waals surface area contributed by atoms with E-state index in [1.54, 1.807) is 0 Å². The number of hydrogen-bond donors (Lipinski definition) is 1. The van der Waals surface area contributed by atoms with E-state index >= 15 is 0 Å². The van der Waals surface area contributed by atoms with E-state index in [9.17, 15) is 8.42 Å². The second-order valence-corrected chi connectivity index (χ2v) is 7.57. The average Bonchev–Trinajstić information content (AvgIpc) is 2.45. The van der Waals surface area contributed by atoms with Crippen molar-refractivity contribution in [3.8, 4) is 0 Å². The van der Waals surface area contributed by atoms with Gasteiger partial charge in [0, 0.05) is 0 Å². The average molecular weight is 381 g/mol. The molecule has 0 saturated carbocycles. The van der Waals surface area contributed by atoms with Crippen molar-refractivity contribution in [2.75, 3.05) is 0 Å². The van der Waals surface area contributed by atoms with Gasteiger partial charge in [-0.2, -0.15) is 8.42 Å². The van der Waals surface area contributed by atoms with Crippen molar-refractivity contribution in [1.29, 1.82) is 0 Å². The summed E-state index contributed by atoms with van der Waals surface area (Å²) in [7, 11) is -3.92. The summed E-state index contributed by atoms with van der Waals surface area (Å²) in [6.45, 7) is 2.26. The van der Waals surface area contributed by atoms with Gasteiger partial charge in [-0.05, 0) is 12.8 Å². The van der Waals surface area contributed by atoms with Crippen LogP contribution in [0.1, 0.15) is 103 Å². The fourth-order valence-corrected chi connectivity index (χ4v) is 3.03. The van der Waals surface area contributed by atoms with E-state index in [-0.39, 0.29) is 59.1 Å². The molecule has 0 aliphatic carbocycles. The van der Waals surface area contributed by atoms with Crippen LogP contribution in [0.5, 0.6) is 0 Å². The molecular weight excluding hydrogens is 342 g/mol. The third-order valence-corrected chi connectivity index (χ3v) is 4.53. The molecule has 0 heterocycles. The monoisotopic (exact) mass is 380 g/mol. The Bertz CT molecular complexity index is 357. The maximum absolute atomic E-state index is 10.4. The Hall–Kier alpha value is 1.65. The van der Waals surface area contributed by atoms with E-state index < -0.39 is 10.1 Å². The van der Waals surface area contributed by atoms with E-state index in [1.807, 2.05) is 0 Å². The van der Waals surface area contributed by atoms with Crippen LogP contribution in [0, 0.1) is 0 Å². The van der Waals surface area contributed by atoms with Gasteiger partial charge in [0.2, 0.25) is 0 Å². The molecular formula is C18H38Na2O3S. The molecule has 3 nitrogen and oxygen atoms in total. The zero-order valence-corrected chi connectivity index (χ0v) is 15.2. The first-order valence-electron chi connectivity index (χ1n) is 9.20. The Balaban J connectivity index is -0.00000220. The van der Waals surface area contributed by atoms with Crippen molar-refractivity contribution < 1.29 is 13.0 Å². The van der Waals surface area contributed by atoms with E-state index in [4.69, 9.17) is 4.55 Å². The van der Waals surface area contributed by atoms with Gasteiger partial charge in [-0.3, -0.25) is 4.55 Å². The van der Waals surface area contributed by atoms with E-state index in [1.165, 1.54) is 83.1 Å². The molecule has 0 fully saturated rings. The van der Waals surface area contributed by atoms with E-state index in [0.29, 0.717) is 0 Å². The van der Waals surface area contributed by atoms with Crippen LogP contribution in [0.25, 0.3) is 0 Å². The Labute approximate surface area is 195 Å². The Morgan fingerprint density at radius 1 is 0.667 bits per heavy atom. The molecule has 0 bridgehead atoms. The molecule has 24 heavy (non-hydrogen) atoms. The normalized spacial score (nSPS) is 11.2. The van der Waals surface area contributed by atoms with Gasteiger partial charge in [0.1, 0.15) is 0 Å². The van der Waals surface area contributed by atoms with Crippen molar-refractivity contribution in [2.45, 2.75) is 103 Å². The van der Waals surface area contributed by atoms with Gasteiger partial charge >= 0.3 is 59.1 Å². The molecule has 0 aliphatic rings. The Morgan fingerprint density at radius 2 is 1.00 bits per heavy atom. The van der Waals surface area contributed by atoms with Crippen molar-refractivity contribution in [2.24, 2.45) is 0 Å². The van der Waals surface area contributed by atoms with Crippen LogP contribution in [0.2, 0.25) is 0 Å². The minimum atomic E-state index is -3.92. The Morgan fingerprint density at radius 3 is 1.33 bits per heavy atom. The van der Waals surface area contributed by atoms with E-state index in [0.717, 1.165) is 24.7 Å².